The van der Waals surface area contributed by atoms with Crippen LogP contribution in [-0.2, 0) is 52.5 Å². The number of ether oxygens (including phenoxy) is 5. The lowest BCUT2D eigenvalue weighted by Crippen LogP contribution is -2.72. The summed E-state index contributed by atoms with van der Waals surface area (Å²) in [6.07, 6.45) is -4.22. The van der Waals surface area contributed by atoms with E-state index in [0.717, 1.165) is 6.92 Å². The number of rotatable bonds is 9. The Hall–Kier alpha value is -4.04. The predicted octanol–water partition coefficient (Wildman–Crippen LogP) is 2.33. The van der Waals surface area contributed by atoms with Crippen LogP contribution in [0.4, 0.5) is 0 Å². The molecule has 3 heterocycles. The number of fused-ring (bicyclic) bond motifs is 2. The molecule has 4 aliphatic rings. The van der Waals surface area contributed by atoms with Crippen LogP contribution in [0.2, 0.25) is 0 Å². The van der Waals surface area contributed by atoms with Gasteiger partial charge in [0.1, 0.15) is 30.5 Å². The molecule has 2 saturated carbocycles. The van der Waals surface area contributed by atoms with Crippen LogP contribution in [0.25, 0.3) is 0 Å². The maximum atomic E-state index is 14.3. The zero-order valence-corrected chi connectivity index (χ0v) is 28.5. The fourth-order valence-electron chi connectivity index (χ4n) is 9.11. The number of carbonyl (C=O) groups is 6. The Kier molecular flexibility index (Phi) is 9.39. The molecule has 2 aliphatic carbocycles. The molecule has 14 heteroatoms. The molecule has 2 N–H and O–H groups in total. The standard InChI is InChI=1S/C35H44O14/c1-8-17(2)28(41)31(42)48-30-29(46-16-36)27(18(3)35(43)23(38)11-21(34(30,35)7)20-9-10-44-14-20)33(6)22-12-25(39)45-15-32(22,5)49-26(40)13-24(33)47-19(4)37/h9-10,14,16-17,21-22,24,27-30,41,43H,3,8,11-13,15H2,1-2,4-7H3. The number of furan rings is 1. The van der Waals surface area contributed by atoms with Gasteiger partial charge < -0.3 is 38.3 Å². The van der Waals surface area contributed by atoms with Crippen LogP contribution in [0.1, 0.15) is 78.7 Å². The van der Waals surface area contributed by atoms with Crippen LogP contribution in [0.15, 0.2) is 35.2 Å². The first-order valence-corrected chi connectivity index (χ1v) is 16.4. The molecule has 0 amide bonds. The van der Waals surface area contributed by atoms with E-state index in [9.17, 15) is 39.0 Å². The third kappa shape index (κ3) is 5.38. The van der Waals surface area contributed by atoms with Gasteiger partial charge in [-0.05, 0) is 30.0 Å². The highest BCUT2D eigenvalue weighted by Crippen LogP contribution is 2.68. The first kappa shape index (κ1) is 36.2. The minimum atomic E-state index is -2.48. The minimum absolute atomic E-state index is 0.116. The van der Waals surface area contributed by atoms with Gasteiger partial charge in [-0.25, -0.2) is 4.79 Å². The summed E-state index contributed by atoms with van der Waals surface area (Å²) in [4.78, 5) is 79.3. The largest absolute Gasteiger partial charge is 0.472 e. The van der Waals surface area contributed by atoms with Gasteiger partial charge in [-0.15, -0.1) is 0 Å². The smallest absolute Gasteiger partial charge is 0.335 e. The molecule has 2 saturated heterocycles. The van der Waals surface area contributed by atoms with E-state index in [1.807, 2.05) is 0 Å². The molecule has 14 nitrogen and oxygen atoms in total. The fourth-order valence-corrected chi connectivity index (χ4v) is 9.11. The molecule has 12 unspecified atom stereocenters. The number of carbonyl (C=O) groups excluding carboxylic acids is 6. The predicted molar refractivity (Wildman–Crippen MR) is 165 cm³/mol. The molecule has 1 aromatic rings. The van der Waals surface area contributed by atoms with E-state index in [1.54, 1.807) is 33.8 Å². The van der Waals surface area contributed by atoms with Crippen molar-refractivity contribution in [2.75, 3.05) is 6.61 Å². The van der Waals surface area contributed by atoms with Gasteiger partial charge in [-0.3, -0.25) is 24.0 Å². The second-order valence-corrected chi connectivity index (χ2v) is 14.5. The Balaban J connectivity index is 1.81. The summed E-state index contributed by atoms with van der Waals surface area (Å²) in [5.41, 5.74) is -7.14. The SMILES string of the molecule is C=C1C(C2(C)C(OC(C)=O)CC(=O)OC3(C)COC(=O)CC32)C(OC=O)C(OC(=O)C(O)C(C)CC)C2(C)C(c3ccoc3)CC(=O)C12O. The molecular weight excluding hydrogens is 644 g/mol. The average Bonchev–Trinajstić information content (AvgIpc) is 3.63. The van der Waals surface area contributed by atoms with E-state index in [4.69, 9.17) is 28.1 Å². The van der Waals surface area contributed by atoms with Gasteiger partial charge in [0.05, 0.1) is 30.8 Å². The summed E-state index contributed by atoms with van der Waals surface area (Å²) in [7, 11) is 0. The van der Waals surface area contributed by atoms with Crippen molar-refractivity contribution in [2.24, 2.45) is 28.6 Å². The van der Waals surface area contributed by atoms with Crippen molar-refractivity contribution in [3.05, 3.63) is 36.3 Å². The van der Waals surface area contributed by atoms with Crippen LogP contribution >= 0.6 is 0 Å². The minimum Gasteiger partial charge on any atom is -0.472 e. The van der Waals surface area contributed by atoms with Crippen LogP contribution in [-0.4, -0.2) is 88.6 Å². The number of aliphatic hydroxyl groups excluding tert-OH is 1. The molecule has 5 rings (SSSR count). The molecule has 49 heavy (non-hydrogen) atoms. The number of Topliss-reactive ketones (excluding diaryl/α,β-unsaturated/α-hetero) is 1. The average molecular weight is 689 g/mol. The van der Waals surface area contributed by atoms with Crippen molar-refractivity contribution in [3.63, 3.8) is 0 Å². The number of esters is 4. The Morgan fingerprint density at radius 3 is 2.41 bits per heavy atom. The van der Waals surface area contributed by atoms with Gasteiger partial charge in [0.2, 0.25) is 0 Å². The molecule has 268 valence electrons. The highest BCUT2D eigenvalue weighted by molar-refractivity contribution is 5.96. The molecule has 0 spiro atoms. The van der Waals surface area contributed by atoms with Gasteiger partial charge in [0.25, 0.3) is 6.47 Å². The number of cyclic esters (lactones) is 1. The third-order valence-electron chi connectivity index (χ3n) is 11.9. The molecule has 1 aromatic heterocycles. The topological polar surface area (TPSA) is 202 Å². The van der Waals surface area contributed by atoms with E-state index in [2.05, 4.69) is 6.58 Å². The van der Waals surface area contributed by atoms with E-state index >= 15 is 0 Å². The Bertz CT molecular complexity index is 1530. The Labute approximate surface area is 283 Å². The molecule has 12 atom stereocenters. The molecule has 0 radical (unpaired) electrons. The first-order chi connectivity index (χ1) is 22.9. The molecule has 4 fully saturated rings. The lowest BCUT2D eigenvalue weighted by molar-refractivity contribution is -0.242. The Morgan fingerprint density at radius 2 is 1.82 bits per heavy atom. The summed E-state index contributed by atoms with van der Waals surface area (Å²) in [5, 5.41) is 23.8. The van der Waals surface area contributed by atoms with Crippen LogP contribution in [0.5, 0.6) is 0 Å². The van der Waals surface area contributed by atoms with Crippen molar-refractivity contribution in [1.82, 2.24) is 0 Å². The van der Waals surface area contributed by atoms with Crippen molar-refractivity contribution >= 4 is 36.1 Å². The normalized spacial score (nSPS) is 40.1. The third-order valence-corrected chi connectivity index (χ3v) is 11.9. The number of hydrogen-bond donors (Lipinski definition) is 2. The van der Waals surface area contributed by atoms with Crippen molar-refractivity contribution in [3.8, 4) is 0 Å². The van der Waals surface area contributed by atoms with Gasteiger partial charge in [-0.2, -0.15) is 0 Å². The summed E-state index contributed by atoms with van der Waals surface area (Å²) < 4.78 is 34.2. The fraction of sp³-hybridized carbons (Fsp3) is 0.657. The van der Waals surface area contributed by atoms with Crippen molar-refractivity contribution in [2.45, 2.75) is 109 Å². The summed E-state index contributed by atoms with van der Waals surface area (Å²) in [6, 6.07) is 1.59. The van der Waals surface area contributed by atoms with Gasteiger partial charge in [-0.1, -0.05) is 40.7 Å². The highest BCUT2D eigenvalue weighted by Gasteiger charge is 2.78. The van der Waals surface area contributed by atoms with Crippen molar-refractivity contribution in [1.29, 1.82) is 0 Å². The molecule has 2 aliphatic heterocycles. The number of ketones is 1. The molecular formula is C35H44O14. The van der Waals surface area contributed by atoms with Gasteiger partial charge in [0.15, 0.2) is 17.5 Å². The summed E-state index contributed by atoms with van der Waals surface area (Å²) in [5.74, 6) is -7.90. The lowest BCUT2D eigenvalue weighted by atomic mass is 9.46. The monoisotopic (exact) mass is 688 g/mol. The van der Waals surface area contributed by atoms with Crippen LogP contribution in [0.3, 0.4) is 0 Å². The Morgan fingerprint density at radius 1 is 1.12 bits per heavy atom. The van der Waals surface area contributed by atoms with Crippen LogP contribution < -0.4 is 0 Å². The first-order valence-electron chi connectivity index (χ1n) is 16.4. The highest BCUT2D eigenvalue weighted by atomic mass is 16.6. The molecule has 0 aromatic carbocycles. The zero-order valence-electron chi connectivity index (χ0n) is 28.5. The van der Waals surface area contributed by atoms with Gasteiger partial charge >= 0.3 is 23.9 Å². The number of hydrogen-bond acceptors (Lipinski definition) is 14. The van der Waals surface area contributed by atoms with E-state index in [-0.39, 0.29) is 31.5 Å². The second kappa shape index (κ2) is 12.7. The van der Waals surface area contributed by atoms with E-state index in [1.165, 1.54) is 19.5 Å². The second-order valence-electron chi connectivity index (χ2n) is 14.5. The van der Waals surface area contributed by atoms with Gasteiger partial charge in [0, 0.05) is 36.5 Å². The van der Waals surface area contributed by atoms with E-state index < -0.39 is 106 Å². The van der Waals surface area contributed by atoms with E-state index in [0.29, 0.717) is 12.0 Å². The maximum Gasteiger partial charge on any atom is 0.335 e. The number of aliphatic hydroxyl groups is 2. The summed E-state index contributed by atoms with van der Waals surface area (Å²) in [6.45, 7) is 13.2. The van der Waals surface area contributed by atoms with Crippen LogP contribution in [0, 0.1) is 28.6 Å². The lowest BCUT2D eigenvalue weighted by Gasteiger charge is -2.61. The van der Waals surface area contributed by atoms with Crippen molar-refractivity contribution < 1.29 is 67.1 Å². The maximum absolute atomic E-state index is 14.3. The molecule has 0 bridgehead atoms. The zero-order chi connectivity index (χ0) is 36.3. The summed E-state index contributed by atoms with van der Waals surface area (Å²) >= 11 is 0. The quantitative estimate of drug-likeness (QED) is 0.166.